The number of aryl methyl sites for hydroxylation is 1. The number of nitrogens with two attached hydrogens (primary N) is 1. The molecular formula is C12H15N3. The average Bonchev–Trinajstić information content (AvgIpc) is 2.29. The predicted octanol–water partition coefficient (Wildman–Crippen LogP) is 1.91. The standard InChI is InChI=1S/C12H15N3/c13-8-4-3-7-12-14-9-10-5-1-2-6-11(10)15-12/h1-2,5-6,9H,3-4,7-8,13H2. The van der Waals surface area contributed by atoms with Crippen LogP contribution in [0.5, 0.6) is 0 Å². The summed E-state index contributed by atoms with van der Waals surface area (Å²) < 4.78 is 0. The number of fused-ring (bicyclic) bond motifs is 1. The summed E-state index contributed by atoms with van der Waals surface area (Å²) in [6.45, 7) is 0.744. The summed E-state index contributed by atoms with van der Waals surface area (Å²) in [5, 5.41) is 1.10. The Morgan fingerprint density at radius 1 is 1.13 bits per heavy atom. The highest BCUT2D eigenvalue weighted by atomic mass is 14.9. The van der Waals surface area contributed by atoms with Gasteiger partial charge in [0.05, 0.1) is 5.52 Å². The van der Waals surface area contributed by atoms with Crippen LogP contribution in [0.3, 0.4) is 0 Å². The van der Waals surface area contributed by atoms with E-state index >= 15 is 0 Å². The fourth-order valence-corrected chi connectivity index (χ4v) is 1.56. The average molecular weight is 201 g/mol. The van der Waals surface area contributed by atoms with Crippen molar-refractivity contribution in [2.24, 2.45) is 5.73 Å². The van der Waals surface area contributed by atoms with Crippen molar-refractivity contribution in [3.05, 3.63) is 36.3 Å². The van der Waals surface area contributed by atoms with Gasteiger partial charge in [0, 0.05) is 18.0 Å². The quantitative estimate of drug-likeness (QED) is 0.769. The molecule has 15 heavy (non-hydrogen) atoms. The lowest BCUT2D eigenvalue weighted by molar-refractivity contribution is 0.719. The minimum Gasteiger partial charge on any atom is -0.330 e. The molecule has 0 radical (unpaired) electrons. The molecule has 0 spiro atoms. The second kappa shape index (κ2) is 4.84. The van der Waals surface area contributed by atoms with Gasteiger partial charge in [0.25, 0.3) is 0 Å². The lowest BCUT2D eigenvalue weighted by Gasteiger charge is -2.01. The normalized spacial score (nSPS) is 10.7. The molecule has 0 bridgehead atoms. The molecule has 0 aliphatic heterocycles. The third-order valence-corrected chi connectivity index (χ3v) is 2.39. The van der Waals surface area contributed by atoms with Crippen LogP contribution in [-0.2, 0) is 6.42 Å². The van der Waals surface area contributed by atoms with E-state index in [0.717, 1.165) is 42.5 Å². The first kappa shape index (κ1) is 10.1. The number of rotatable bonds is 4. The Morgan fingerprint density at radius 3 is 2.87 bits per heavy atom. The summed E-state index contributed by atoms with van der Waals surface area (Å²) in [5.41, 5.74) is 6.47. The molecule has 2 N–H and O–H groups in total. The molecular weight excluding hydrogens is 186 g/mol. The van der Waals surface area contributed by atoms with E-state index in [-0.39, 0.29) is 0 Å². The van der Waals surface area contributed by atoms with Crippen LogP contribution in [0.15, 0.2) is 30.5 Å². The molecule has 78 valence electrons. The van der Waals surface area contributed by atoms with Crippen LogP contribution in [0.4, 0.5) is 0 Å². The van der Waals surface area contributed by atoms with Crippen molar-refractivity contribution >= 4 is 10.9 Å². The molecule has 0 unspecified atom stereocenters. The molecule has 3 heteroatoms. The van der Waals surface area contributed by atoms with E-state index in [2.05, 4.69) is 9.97 Å². The van der Waals surface area contributed by atoms with Crippen LogP contribution >= 0.6 is 0 Å². The highest BCUT2D eigenvalue weighted by Crippen LogP contribution is 2.10. The number of aromatic nitrogens is 2. The van der Waals surface area contributed by atoms with Crippen LogP contribution in [0.25, 0.3) is 10.9 Å². The van der Waals surface area contributed by atoms with Crippen molar-refractivity contribution < 1.29 is 0 Å². The van der Waals surface area contributed by atoms with Gasteiger partial charge in [0.1, 0.15) is 5.82 Å². The van der Waals surface area contributed by atoms with Crippen molar-refractivity contribution in [2.75, 3.05) is 6.54 Å². The molecule has 1 heterocycles. The van der Waals surface area contributed by atoms with Gasteiger partial charge in [-0.2, -0.15) is 0 Å². The molecule has 0 aliphatic carbocycles. The zero-order valence-electron chi connectivity index (χ0n) is 8.69. The monoisotopic (exact) mass is 201 g/mol. The van der Waals surface area contributed by atoms with E-state index < -0.39 is 0 Å². The minimum atomic E-state index is 0.744. The van der Waals surface area contributed by atoms with Crippen molar-refractivity contribution in [1.82, 2.24) is 9.97 Å². The maximum absolute atomic E-state index is 5.44. The van der Waals surface area contributed by atoms with Gasteiger partial charge >= 0.3 is 0 Å². The van der Waals surface area contributed by atoms with E-state index in [1.807, 2.05) is 30.5 Å². The van der Waals surface area contributed by atoms with Crippen LogP contribution < -0.4 is 5.73 Å². The second-order valence-electron chi connectivity index (χ2n) is 3.59. The summed E-state index contributed by atoms with van der Waals surface area (Å²) in [6.07, 6.45) is 4.91. The summed E-state index contributed by atoms with van der Waals surface area (Å²) >= 11 is 0. The van der Waals surface area contributed by atoms with Crippen molar-refractivity contribution in [2.45, 2.75) is 19.3 Å². The molecule has 2 aromatic rings. The van der Waals surface area contributed by atoms with Gasteiger partial charge in [-0.1, -0.05) is 18.2 Å². The molecule has 0 amide bonds. The third kappa shape index (κ3) is 2.50. The van der Waals surface area contributed by atoms with Crippen LogP contribution in [-0.4, -0.2) is 16.5 Å². The summed E-state index contributed by atoms with van der Waals surface area (Å²) in [4.78, 5) is 8.82. The van der Waals surface area contributed by atoms with Crippen molar-refractivity contribution in [3.8, 4) is 0 Å². The summed E-state index contributed by atoms with van der Waals surface area (Å²) in [5.74, 6) is 0.919. The molecule has 0 atom stereocenters. The fraction of sp³-hybridized carbons (Fsp3) is 0.333. The van der Waals surface area contributed by atoms with Gasteiger partial charge in [-0.05, 0) is 25.5 Å². The smallest absolute Gasteiger partial charge is 0.128 e. The Labute approximate surface area is 89.4 Å². The SMILES string of the molecule is NCCCCc1ncc2ccccc2n1. The number of benzene rings is 1. The van der Waals surface area contributed by atoms with Gasteiger partial charge in [0.15, 0.2) is 0 Å². The Balaban J connectivity index is 2.16. The van der Waals surface area contributed by atoms with Crippen molar-refractivity contribution in [1.29, 1.82) is 0 Å². The van der Waals surface area contributed by atoms with Crippen LogP contribution in [0, 0.1) is 0 Å². The van der Waals surface area contributed by atoms with Crippen molar-refractivity contribution in [3.63, 3.8) is 0 Å². The number of unbranched alkanes of at least 4 members (excludes halogenated alkanes) is 1. The molecule has 0 fully saturated rings. The van der Waals surface area contributed by atoms with E-state index in [4.69, 9.17) is 5.73 Å². The first-order valence-electron chi connectivity index (χ1n) is 5.31. The molecule has 3 nitrogen and oxygen atoms in total. The minimum absolute atomic E-state index is 0.744. The van der Waals surface area contributed by atoms with Gasteiger partial charge in [-0.15, -0.1) is 0 Å². The Kier molecular flexibility index (Phi) is 3.25. The first-order valence-corrected chi connectivity index (χ1v) is 5.31. The molecule has 0 saturated carbocycles. The van der Waals surface area contributed by atoms with E-state index in [1.165, 1.54) is 0 Å². The second-order valence-corrected chi connectivity index (χ2v) is 3.59. The maximum Gasteiger partial charge on any atom is 0.128 e. The van der Waals surface area contributed by atoms with E-state index in [0.29, 0.717) is 0 Å². The molecule has 1 aromatic carbocycles. The largest absolute Gasteiger partial charge is 0.330 e. The number of hydrogen-bond donors (Lipinski definition) is 1. The van der Waals surface area contributed by atoms with E-state index in [1.54, 1.807) is 0 Å². The number of para-hydroxylation sites is 1. The fourth-order valence-electron chi connectivity index (χ4n) is 1.56. The zero-order valence-corrected chi connectivity index (χ0v) is 8.69. The number of nitrogens with zero attached hydrogens (tertiary/aromatic N) is 2. The number of hydrogen-bond acceptors (Lipinski definition) is 3. The maximum atomic E-state index is 5.44. The summed E-state index contributed by atoms with van der Waals surface area (Å²) in [6, 6.07) is 8.04. The molecule has 1 aromatic heterocycles. The van der Waals surface area contributed by atoms with Crippen LogP contribution in [0.2, 0.25) is 0 Å². The van der Waals surface area contributed by atoms with Gasteiger partial charge in [-0.25, -0.2) is 9.97 Å². The Morgan fingerprint density at radius 2 is 2.00 bits per heavy atom. The van der Waals surface area contributed by atoms with Gasteiger partial charge in [0.2, 0.25) is 0 Å². The molecule has 0 aliphatic rings. The van der Waals surface area contributed by atoms with Gasteiger partial charge < -0.3 is 5.73 Å². The molecule has 2 rings (SSSR count). The van der Waals surface area contributed by atoms with Gasteiger partial charge in [-0.3, -0.25) is 0 Å². The lowest BCUT2D eigenvalue weighted by Crippen LogP contribution is -2.01. The zero-order chi connectivity index (χ0) is 10.5. The predicted molar refractivity (Wildman–Crippen MR) is 61.5 cm³/mol. The Hall–Kier alpha value is -1.48. The van der Waals surface area contributed by atoms with E-state index in [9.17, 15) is 0 Å². The lowest BCUT2D eigenvalue weighted by atomic mass is 10.2. The first-order chi connectivity index (χ1) is 7.40. The molecule has 0 saturated heterocycles. The third-order valence-electron chi connectivity index (χ3n) is 2.39. The highest BCUT2D eigenvalue weighted by Gasteiger charge is 1.98. The topological polar surface area (TPSA) is 51.8 Å². The van der Waals surface area contributed by atoms with Crippen LogP contribution in [0.1, 0.15) is 18.7 Å². The highest BCUT2D eigenvalue weighted by molar-refractivity contribution is 5.77. The summed E-state index contributed by atoms with van der Waals surface area (Å²) in [7, 11) is 0. The Bertz CT molecular complexity index is 440.